The summed E-state index contributed by atoms with van der Waals surface area (Å²) in [5.41, 5.74) is 0. The number of ether oxygens (including phenoxy) is 3. The Balaban J connectivity index is 4.53. The van der Waals surface area contributed by atoms with Crippen LogP contribution in [-0.4, -0.2) is 37.2 Å². The first-order valence-corrected chi connectivity index (χ1v) is 26.7. The van der Waals surface area contributed by atoms with E-state index >= 15 is 0 Å². The highest BCUT2D eigenvalue weighted by molar-refractivity contribution is 5.71. The van der Waals surface area contributed by atoms with Gasteiger partial charge in [0.1, 0.15) is 13.2 Å². The average molecular weight is 925 g/mol. The molecule has 6 heteroatoms. The van der Waals surface area contributed by atoms with E-state index in [1.54, 1.807) is 0 Å². The van der Waals surface area contributed by atoms with Gasteiger partial charge in [0, 0.05) is 19.3 Å². The summed E-state index contributed by atoms with van der Waals surface area (Å²) in [5.74, 6) is -0.983. The van der Waals surface area contributed by atoms with Gasteiger partial charge in [-0.3, -0.25) is 14.4 Å². The summed E-state index contributed by atoms with van der Waals surface area (Å²) in [7, 11) is 0. The Kier molecular flexibility index (Phi) is 50.6. The van der Waals surface area contributed by atoms with E-state index in [9.17, 15) is 14.4 Å². The third-order valence-corrected chi connectivity index (χ3v) is 10.6. The van der Waals surface area contributed by atoms with Crippen LogP contribution < -0.4 is 0 Å². The van der Waals surface area contributed by atoms with Crippen molar-refractivity contribution in [2.45, 2.75) is 219 Å². The largest absolute Gasteiger partial charge is 0.462 e. The zero-order valence-corrected chi connectivity index (χ0v) is 42.9. The Bertz CT molecular complexity index is 1480. The molecule has 0 aromatic carbocycles. The topological polar surface area (TPSA) is 78.9 Å². The van der Waals surface area contributed by atoms with Crippen molar-refractivity contribution < 1.29 is 28.6 Å². The Morgan fingerprint density at radius 1 is 0.299 bits per heavy atom. The van der Waals surface area contributed by atoms with Crippen LogP contribution in [-0.2, 0) is 28.6 Å². The summed E-state index contributed by atoms with van der Waals surface area (Å²) in [6.45, 7) is 6.22. The van der Waals surface area contributed by atoms with Gasteiger partial charge in [-0.05, 0) is 128 Å². The Morgan fingerprint density at radius 2 is 0.537 bits per heavy atom. The third-order valence-electron chi connectivity index (χ3n) is 10.6. The normalized spacial score (nSPS) is 13.2. The highest BCUT2D eigenvalue weighted by atomic mass is 16.6. The van der Waals surface area contributed by atoms with E-state index in [0.29, 0.717) is 19.3 Å². The van der Waals surface area contributed by atoms with Gasteiger partial charge < -0.3 is 14.2 Å². The molecular weight excluding hydrogens is 829 g/mol. The molecule has 0 aliphatic heterocycles. The van der Waals surface area contributed by atoms with E-state index in [1.807, 2.05) is 0 Å². The first kappa shape index (κ1) is 62.5. The van der Waals surface area contributed by atoms with Gasteiger partial charge in [-0.25, -0.2) is 0 Å². The van der Waals surface area contributed by atoms with Crippen molar-refractivity contribution in [3.05, 3.63) is 134 Å². The zero-order valence-electron chi connectivity index (χ0n) is 42.9. The summed E-state index contributed by atoms with van der Waals surface area (Å²) in [5, 5.41) is 0. The van der Waals surface area contributed by atoms with Crippen LogP contribution in [0.5, 0.6) is 0 Å². The van der Waals surface area contributed by atoms with E-state index < -0.39 is 6.10 Å². The van der Waals surface area contributed by atoms with Crippen LogP contribution in [0, 0.1) is 0 Å². The van der Waals surface area contributed by atoms with Gasteiger partial charge >= 0.3 is 17.9 Å². The third kappa shape index (κ3) is 52.4. The number of esters is 3. The van der Waals surface area contributed by atoms with Crippen LogP contribution in [0.4, 0.5) is 0 Å². The Morgan fingerprint density at radius 3 is 0.851 bits per heavy atom. The number of carbonyl (C=O) groups excluding carboxylic acids is 3. The van der Waals surface area contributed by atoms with Crippen molar-refractivity contribution in [3.8, 4) is 0 Å². The molecule has 0 aliphatic rings. The minimum Gasteiger partial charge on any atom is -0.462 e. The fraction of sp³-hybridized carbons (Fsp3) is 0.590. The lowest BCUT2D eigenvalue weighted by atomic mass is 10.1. The summed E-state index contributed by atoms with van der Waals surface area (Å²) >= 11 is 0. The lowest BCUT2D eigenvalue weighted by molar-refractivity contribution is -0.167. The highest BCUT2D eigenvalue weighted by Gasteiger charge is 2.19. The monoisotopic (exact) mass is 925 g/mol. The van der Waals surface area contributed by atoms with E-state index in [2.05, 4.69) is 154 Å². The molecule has 1 atom stereocenters. The smallest absolute Gasteiger partial charge is 0.306 e. The number of allylic oxidation sites excluding steroid dienone is 22. The van der Waals surface area contributed by atoms with Crippen LogP contribution >= 0.6 is 0 Å². The number of rotatable bonds is 46. The van der Waals surface area contributed by atoms with Gasteiger partial charge in [0.05, 0.1) is 0 Å². The van der Waals surface area contributed by atoms with Crippen molar-refractivity contribution in [2.75, 3.05) is 13.2 Å². The van der Waals surface area contributed by atoms with E-state index in [1.165, 1.54) is 0 Å². The second-order valence-electron chi connectivity index (χ2n) is 17.0. The SMILES string of the molecule is CC/C=C\C/C=C\C/C=C\C/C=C\C/C=C\CCCCCC(=O)OC[C@H](COC(=O)CCCCCCC/C=C\C/C=C\C/C=C\CC)OC(=O)CCCCCCC/C=C\C/C=C\C/C=C\CC. The predicted molar refractivity (Wildman–Crippen MR) is 288 cm³/mol. The summed E-state index contributed by atoms with van der Waals surface area (Å²) in [6, 6.07) is 0. The molecule has 0 radical (unpaired) electrons. The molecule has 0 spiro atoms. The summed E-state index contributed by atoms with van der Waals surface area (Å²) in [6.07, 6.45) is 75.7. The minimum atomic E-state index is -0.813. The molecule has 376 valence electrons. The number of unbranched alkanes of at least 4 members (excludes halogenated alkanes) is 13. The maximum atomic E-state index is 12.8. The molecule has 0 rings (SSSR count). The Labute approximate surface area is 411 Å². The molecule has 6 nitrogen and oxygen atoms in total. The van der Waals surface area contributed by atoms with E-state index in [4.69, 9.17) is 14.2 Å². The molecule has 0 heterocycles. The standard InChI is InChI=1S/C61H96O6/c1-4-7-10-13-16-19-22-25-28-29-30-31-34-36-39-42-45-48-51-54-60(63)66-57-58(67-61(64)55-52-49-46-43-40-37-33-27-24-21-18-15-12-9-6-3)56-65-59(62)53-50-47-44-41-38-35-32-26-23-20-17-14-11-8-5-2/h7-12,16-21,25-28,30-33,36,39,58H,4-6,13-15,22-24,29,34-35,37-38,40-57H2,1-3H3/b10-7-,11-8-,12-9-,19-16-,20-17-,21-18-,28-25-,31-30-,32-26-,33-27-,39-36-/t58-/m0/s1. The van der Waals surface area contributed by atoms with E-state index in [-0.39, 0.29) is 31.1 Å². The summed E-state index contributed by atoms with van der Waals surface area (Å²) < 4.78 is 16.8. The number of hydrogen-bond donors (Lipinski definition) is 0. The maximum absolute atomic E-state index is 12.8. The fourth-order valence-electron chi connectivity index (χ4n) is 6.73. The molecule has 0 aromatic rings. The van der Waals surface area contributed by atoms with Crippen molar-refractivity contribution in [1.82, 2.24) is 0 Å². The van der Waals surface area contributed by atoms with Gasteiger partial charge in [0.25, 0.3) is 0 Å². The molecule has 0 aromatic heterocycles. The number of carbonyl (C=O) groups is 3. The molecule has 0 amide bonds. The number of hydrogen-bond acceptors (Lipinski definition) is 6. The molecule has 0 fully saturated rings. The average Bonchev–Trinajstić information content (AvgIpc) is 3.33. The van der Waals surface area contributed by atoms with E-state index in [0.717, 1.165) is 173 Å². The molecule has 0 unspecified atom stereocenters. The van der Waals surface area contributed by atoms with Crippen molar-refractivity contribution >= 4 is 17.9 Å². The molecule has 0 bridgehead atoms. The van der Waals surface area contributed by atoms with Crippen LogP contribution in [0.3, 0.4) is 0 Å². The summed E-state index contributed by atoms with van der Waals surface area (Å²) in [4.78, 5) is 38.1. The van der Waals surface area contributed by atoms with Crippen molar-refractivity contribution in [1.29, 1.82) is 0 Å². The van der Waals surface area contributed by atoms with Gasteiger partial charge in [-0.2, -0.15) is 0 Å². The Hall–Kier alpha value is -4.45. The van der Waals surface area contributed by atoms with Gasteiger partial charge in [0.2, 0.25) is 0 Å². The van der Waals surface area contributed by atoms with Gasteiger partial charge in [-0.1, -0.05) is 199 Å². The van der Waals surface area contributed by atoms with Crippen LogP contribution in [0.2, 0.25) is 0 Å². The molecule has 0 saturated heterocycles. The second-order valence-corrected chi connectivity index (χ2v) is 17.0. The van der Waals surface area contributed by atoms with Crippen molar-refractivity contribution in [2.24, 2.45) is 0 Å². The fourth-order valence-corrected chi connectivity index (χ4v) is 6.73. The molecule has 67 heavy (non-hydrogen) atoms. The zero-order chi connectivity index (χ0) is 48.6. The second kappa shape index (κ2) is 54.2. The highest BCUT2D eigenvalue weighted by Crippen LogP contribution is 2.13. The van der Waals surface area contributed by atoms with Crippen LogP contribution in [0.15, 0.2) is 134 Å². The molecular formula is C61H96O6. The molecule has 0 saturated carbocycles. The quantitative estimate of drug-likeness (QED) is 0.0262. The first-order chi connectivity index (χ1) is 33.0. The molecule has 0 aliphatic carbocycles. The lowest BCUT2D eigenvalue weighted by Gasteiger charge is -2.18. The first-order valence-electron chi connectivity index (χ1n) is 26.7. The van der Waals surface area contributed by atoms with Gasteiger partial charge in [-0.15, -0.1) is 0 Å². The van der Waals surface area contributed by atoms with Gasteiger partial charge in [0.15, 0.2) is 6.10 Å². The van der Waals surface area contributed by atoms with Crippen LogP contribution in [0.25, 0.3) is 0 Å². The lowest BCUT2D eigenvalue weighted by Crippen LogP contribution is -2.30. The van der Waals surface area contributed by atoms with Crippen LogP contribution in [0.1, 0.15) is 213 Å². The van der Waals surface area contributed by atoms with Crippen molar-refractivity contribution in [3.63, 3.8) is 0 Å². The molecule has 0 N–H and O–H groups in total. The maximum Gasteiger partial charge on any atom is 0.306 e. The predicted octanol–water partition coefficient (Wildman–Crippen LogP) is 17.9. The minimum absolute atomic E-state index is 0.110.